The van der Waals surface area contributed by atoms with Crippen molar-refractivity contribution in [3.8, 4) is 17.6 Å². The fourth-order valence-corrected chi connectivity index (χ4v) is 2.38. The summed E-state index contributed by atoms with van der Waals surface area (Å²) in [4.78, 5) is 0. The number of phenols is 1. The number of hydrogen-bond acceptors (Lipinski definition) is 3. The second-order valence-corrected chi connectivity index (χ2v) is 4.86. The van der Waals surface area contributed by atoms with Crippen LogP contribution in [0.4, 0.5) is 0 Å². The van der Waals surface area contributed by atoms with Crippen molar-refractivity contribution in [3.05, 3.63) is 23.3 Å². The van der Waals surface area contributed by atoms with E-state index >= 15 is 0 Å². The predicted octanol–water partition coefficient (Wildman–Crippen LogP) is -1.57. The van der Waals surface area contributed by atoms with Gasteiger partial charge in [-0.2, -0.15) is 5.26 Å². The van der Waals surface area contributed by atoms with Gasteiger partial charge in [0.15, 0.2) is 18.0 Å². The van der Waals surface area contributed by atoms with E-state index in [2.05, 4.69) is 13.1 Å². The Hall–Kier alpha value is -1.00. The first-order valence-corrected chi connectivity index (χ1v) is 5.67. The molecule has 1 N–H and O–H groups in total. The number of rotatable bonds is 2. The van der Waals surface area contributed by atoms with Gasteiger partial charge >= 0.3 is 0 Å². The summed E-state index contributed by atoms with van der Waals surface area (Å²) in [5, 5.41) is 18.6. The number of quaternary nitrogens is 1. The average molecular weight is 360 g/mol. The highest BCUT2D eigenvalue weighted by Gasteiger charge is 2.29. The van der Waals surface area contributed by atoms with Crippen molar-refractivity contribution in [2.45, 2.75) is 13.0 Å². The van der Waals surface area contributed by atoms with Gasteiger partial charge in [0.05, 0.1) is 20.7 Å². The van der Waals surface area contributed by atoms with E-state index in [4.69, 9.17) is 10.00 Å². The van der Waals surface area contributed by atoms with Gasteiger partial charge in [0, 0.05) is 12.0 Å². The van der Waals surface area contributed by atoms with E-state index in [0.29, 0.717) is 12.3 Å². The minimum Gasteiger partial charge on any atom is -1.00 e. The first-order chi connectivity index (χ1) is 8.08. The molecular formula is C13H17IN2O2. The number of likely N-dealkylation sites (N-methyl/N-ethyl adjacent to an activating group) is 1. The monoisotopic (exact) mass is 360 g/mol. The number of fused-ring (bicyclic) bond motifs is 1. The van der Waals surface area contributed by atoms with Gasteiger partial charge in [-0.05, 0) is 17.7 Å². The number of phenolic OH excluding ortho intramolecular Hbond substituents is 1. The van der Waals surface area contributed by atoms with Crippen LogP contribution in [0.1, 0.15) is 11.1 Å². The molecule has 1 atom stereocenters. The third kappa shape index (κ3) is 2.87. The van der Waals surface area contributed by atoms with Crippen LogP contribution < -0.4 is 28.7 Å². The molecule has 0 fully saturated rings. The minimum absolute atomic E-state index is 0. The summed E-state index contributed by atoms with van der Waals surface area (Å²) < 4.78 is 5.85. The lowest BCUT2D eigenvalue weighted by molar-refractivity contribution is -0.917. The molecular weight excluding hydrogens is 343 g/mol. The number of halogens is 1. The summed E-state index contributed by atoms with van der Waals surface area (Å²) in [6.07, 6.45) is 0.894. The summed E-state index contributed by atoms with van der Waals surface area (Å²) in [7, 11) is 3.64. The third-order valence-electron chi connectivity index (χ3n) is 3.43. The molecule has 0 aromatic heterocycles. The van der Waals surface area contributed by atoms with Crippen molar-refractivity contribution in [1.82, 2.24) is 0 Å². The number of nitriles is 1. The quantitative estimate of drug-likeness (QED) is 0.394. The third-order valence-corrected chi connectivity index (χ3v) is 3.43. The van der Waals surface area contributed by atoms with Crippen LogP contribution in [0.2, 0.25) is 0 Å². The minimum atomic E-state index is 0. The number of nitrogens with zero attached hydrogens (tertiary/aromatic N) is 2. The molecule has 0 radical (unpaired) electrons. The van der Waals surface area contributed by atoms with E-state index in [9.17, 15) is 5.11 Å². The fraction of sp³-hybridized carbons (Fsp3) is 0.462. The molecule has 0 saturated carbocycles. The number of benzene rings is 1. The zero-order chi connectivity index (χ0) is 12.5. The molecule has 1 unspecified atom stereocenters. The van der Waals surface area contributed by atoms with E-state index < -0.39 is 0 Å². The van der Waals surface area contributed by atoms with Crippen LogP contribution >= 0.6 is 0 Å². The summed E-state index contributed by atoms with van der Waals surface area (Å²) in [6, 6.07) is 5.91. The average Bonchev–Trinajstić information content (AvgIpc) is 2.29. The Kier molecular flexibility index (Phi) is 4.82. The molecule has 1 aliphatic rings. The van der Waals surface area contributed by atoms with Crippen molar-refractivity contribution in [1.29, 1.82) is 5.26 Å². The molecule has 0 spiro atoms. The molecule has 0 aliphatic carbocycles. The highest BCUT2D eigenvalue weighted by molar-refractivity contribution is 5.46. The van der Waals surface area contributed by atoms with E-state index in [-0.39, 0.29) is 29.7 Å². The van der Waals surface area contributed by atoms with Crippen molar-refractivity contribution in [2.24, 2.45) is 0 Å². The van der Waals surface area contributed by atoms with Crippen LogP contribution in [-0.2, 0) is 13.0 Å². The number of hydrogen-bond donors (Lipinski definition) is 1. The Balaban J connectivity index is 0.00000162. The van der Waals surface area contributed by atoms with E-state index in [1.807, 2.05) is 6.07 Å². The molecule has 1 aliphatic heterocycles. The maximum atomic E-state index is 9.72. The molecule has 1 aromatic carbocycles. The topological polar surface area (TPSA) is 53.2 Å². The zero-order valence-electron chi connectivity index (χ0n) is 10.6. The molecule has 5 heteroatoms. The second-order valence-electron chi connectivity index (χ2n) is 4.86. The molecule has 1 aromatic rings. The zero-order valence-corrected chi connectivity index (χ0v) is 12.8. The Morgan fingerprint density at radius 1 is 1.44 bits per heavy atom. The highest BCUT2D eigenvalue weighted by atomic mass is 127. The number of aromatic hydroxyl groups is 1. The SMILES string of the molecule is COc1cc2c(cc1O)CC[N+](C)(CC#N)C2.[I-]. The normalized spacial score (nSPS) is 21.4. The lowest BCUT2D eigenvalue weighted by atomic mass is 9.97. The maximum Gasteiger partial charge on any atom is 0.166 e. The van der Waals surface area contributed by atoms with Crippen molar-refractivity contribution in [2.75, 3.05) is 27.2 Å². The van der Waals surface area contributed by atoms with Crippen molar-refractivity contribution in [3.63, 3.8) is 0 Å². The standard InChI is InChI=1S/C13H16N2O2.HI/c1-15(6-4-14)5-3-10-7-12(16)13(17-2)8-11(10)9-15;/h7-8H,3,5-6,9H2,1-2H3;1H. The fourth-order valence-electron chi connectivity index (χ4n) is 2.38. The van der Waals surface area contributed by atoms with Gasteiger partial charge in [-0.1, -0.05) is 0 Å². The lowest BCUT2D eigenvalue weighted by Crippen LogP contribution is -3.00. The van der Waals surface area contributed by atoms with E-state index in [1.54, 1.807) is 13.2 Å². The summed E-state index contributed by atoms with van der Waals surface area (Å²) in [5.41, 5.74) is 2.33. The van der Waals surface area contributed by atoms with Crippen molar-refractivity contribution >= 4 is 0 Å². The Bertz CT molecular complexity index is 485. The number of methoxy groups -OCH3 is 1. The van der Waals surface area contributed by atoms with Gasteiger partial charge in [0.2, 0.25) is 0 Å². The van der Waals surface area contributed by atoms with Crippen LogP contribution in [0.25, 0.3) is 0 Å². The van der Waals surface area contributed by atoms with E-state index in [0.717, 1.165) is 29.6 Å². The Morgan fingerprint density at radius 3 is 2.78 bits per heavy atom. The molecule has 0 bridgehead atoms. The largest absolute Gasteiger partial charge is 1.00 e. The van der Waals surface area contributed by atoms with Crippen LogP contribution in [0.5, 0.6) is 11.5 Å². The van der Waals surface area contributed by atoms with Gasteiger partial charge in [0.25, 0.3) is 0 Å². The second kappa shape index (κ2) is 5.76. The first kappa shape index (κ1) is 15.1. The van der Waals surface area contributed by atoms with Crippen LogP contribution in [0.15, 0.2) is 12.1 Å². The van der Waals surface area contributed by atoms with Gasteiger partial charge in [-0.25, -0.2) is 0 Å². The van der Waals surface area contributed by atoms with Gasteiger partial charge in [-0.15, -0.1) is 0 Å². The van der Waals surface area contributed by atoms with Crippen LogP contribution in [0.3, 0.4) is 0 Å². The molecule has 98 valence electrons. The van der Waals surface area contributed by atoms with Gasteiger partial charge < -0.3 is 38.3 Å². The van der Waals surface area contributed by atoms with Crippen LogP contribution in [-0.4, -0.2) is 36.8 Å². The van der Waals surface area contributed by atoms with Gasteiger partial charge in [0.1, 0.15) is 12.6 Å². The number of ether oxygens (including phenoxy) is 1. The van der Waals surface area contributed by atoms with Crippen LogP contribution in [0, 0.1) is 11.3 Å². The molecule has 0 amide bonds. The lowest BCUT2D eigenvalue weighted by Gasteiger charge is -2.36. The van der Waals surface area contributed by atoms with Crippen molar-refractivity contribution < 1.29 is 38.3 Å². The Labute approximate surface area is 124 Å². The summed E-state index contributed by atoms with van der Waals surface area (Å²) in [6.45, 7) is 2.27. The molecule has 2 rings (SSSR count). The van der Waals surface area contributed by atoms with Gasteiger partial charge in [-0.3, -0.25) is 0 Å². The maximum absolute atomic E-state index is 9.72. The van der Waals surface area contributed by atoms with E-state index in [1.165, 1.54) is 5.56 Å². The Morgan fingerprint density at radius 2 is 2.17 bits per heavy atom. The predicted molar refractivity (Wildman–Crippen MR) is 63.6 cm³/mol. The molecule has 4 nitrogen and oxygen atoms in total. The molecule has 18 heavy (non-hydrogen) atoms. The molecule has 0 saturated heterocycles. The summed E-state index contributed by atoms with van der Waals surface area (Å²) >= 11 is 0. The molecule has 1 heterocycles. The first-order valence-electron chi connectivity index (χ1n) is 5.67. The smallest absolute Gasteiger partial charge is 0.166 e. The summed E-state index contributed by atoms with van der Waals surface area (Å²) in [5.74, 6) is 0.705. The highest BCUT2D eigenvalue weighted by Crippen LogP contribution is 2.33.